The molecule has 0 saturated carbocycles. The van der Waals surface area contributed by atoms with Gasteiger partial charge in [-0.05, 0) is 24.3 Å². The molecule has 0 spiro atoms. The molecule has 0 aliphatic heterocycles. The van der Waals surface area contributed by atoms with E-state index in [1.54, 1.807) is 31.2 Å². The molecular weight excluding hydrogens is 231 g/mol. The van der Waals surface area contributed by atoms with Gasteiger partial charge >= 0.3 is 0 Å². The predicted molar refractivity (Wildman–Crippen MR) is 71.9 cm³/mol. The second-order valence-corrected chi connectivity index (χ2v) is 3.94. The Morgan fingerprint density at radius 3 is 2.56 bits per heavy atom. The number of anilines is 3. The highest BCUT2D eigenvalue weighted by Gasteiger charge is 2.13. The lowest BCUT2D eigenvalue weighted by Gasteiger charge is -2.22. The van der Waals surface area contributed by atoms with E-state index in [4.69, 9.17) is 10.5 Å². The lowest BCUT2D eigenvalue weighted by Crippen LogP contribution is -2.13. The zero-order valence-electron chi connectivity index (χ0n) is 10.4. The van der Waals surface area contributed by atoms with E-state index in [0.717, 1.165) is 5.69 Å². The molecule has 2 aromatic rings. The van der Waals surface area contributed by atoms with E-state index < -0.39 is 0 Å². The van der Waals surface area contributed by atoms with E-state index in [0.29, 0.717) is 17.1 Å². The first-order chi connectivity index (χ1) is 8.63. The van der Waals surface area contributed by atoms with Gasteiger partial charge in [0.1, 0.15) is 17.3 Å². The summed E-state index contributed by atoms with van der Waals surface area (Å²) in [6, 6.07) is 12.0. The van der Waals surface area contributed by atoms with Crippen molar-refractivity contribution in [1.82, 2.24) is 0 Å². The zero-order valence-corrected chi connectivity index (χ0v) is 10.4. The molecule has 0 heterocycles. The van der Waals surface area contributed by atoms with Crippen molar-refractivity contribution in [3.05, 3.63) is 48.3 Å². The number of benzene rings is 2. The number of halogens is 1. The van der Waals surface area contributed by atoms with Crippen molar-refractivity contribution in [2.24, 2.45) is 0 Å². The Morgan fingerprint density at radius 1 is 1.17 bits per heavy atom. The number of hydrogen-bond acceptors (Lipinski definition) is 3. The fraction of sp³-hybridized carbons (Fsp3) is 0.143. The van der Waals surface area contributed by atoms with Crippen LogP contribution in [-0.4, -0.2) is 14.2 Å². The molecule has 0 aliphatic rings. The predicted octanol–water partition coefficient (Wildman–Crippen LogP) is 3.18. The van der Waals surface area contributed by atoms with Gasteiger partial charge in [0.25, 0.3) is 0 Å². The second kappa shape index (κ2) is 4.96. The maximum Gasteiger partial charge on any atom is 0.148 e. The Labute approximate surface area is 106 Å². The third-order valence-corrected chi connectivity index (χ3v) is 2.79. The van der Waals surface area contributed by atoms with Gasteiger partial charge in [-0.3, -0.25) is 0 Å². The summed E-state index contributed by atoms with van der Waals surface area (Å²) in [6.07, 6.45) is 0. The summed E-state index contributed by atoms with van der Waals surface area (Å²) in [5.41, 5.74) is 7.40. The molecule has 2 aromatic carbocycles. The topological polar surface area (TPSA) is 38.5 Å². The molecule has 94 valence electrons. The molecule has 0 bridgehead atoms. The minimum Gasteiger partial charge on any atom is -0.497 e. The van der Waals surface area contributed by atoms with Gasteiger partial charge in [0, 0.05) is 18.8 Å². The molecule has 2 rings (SSSR count). The van der Waals surface area contributed by atoms with E-state index >= 15 is 0 Å². The Hall–Kier alpha value is -2.23. The smallest absolute Gasteiger partial charge is 0.148 e. The maximum absolute atomic E-state index is 13.8. The summed E-state index contributed by atoms with van der Waals surface area (Å²) in [6.45, 7) is 0. The van der Waals surface area contributed by atoms with Crippen molar-refractivity contribution >= 4 is 17.1 Å². The van der Waals surface area contributed by atoms with Crippen LogP contribution in [0.3, 0.4) is 0 Å². The monoisotopic (exact) mass is 246 g/mol. The van der Waals surface area contributed by atoms with Gasteiger partial charge in [-0.2, -0.15) is 0 Å². The van der Waals surface area contributed by atoms with Crippen molar-refractivity contribution in [1.29, 1.82) is 0 Å². The number of nitrogens with two attached hydrogens (primary N) is 1. The first-order valence-corrected chi connectivity index (χ1v) is 5.55. The minimum atomic E-state index is -0.347. The number of nitrogens with zero attached hydrogens (tertiary/aromatic N) is 1. The van der Waals surface area contributed by atoms with Crippen LogP contribution in [0.4, 0.5) is 21.5 Å². The molecule has 0 radical (unpaired) electrons. The van der Waals surface area contributed by atoms with E-state index in [9.17, 15) is 4.39 Å². The van der Waals surface area contributed by atoms with Crippen molar-refractivity contribution in [2.45, 2.75) is 0 Å². The number of para-hydroxylation sites is 1. The normalized spacial score (nSPS) is 10.2. The molecule has 18 heavy (non-hydrogen) atoms. The van der Waals surface area contributed by atoms with Crippen LogP contribution >= 0.6 is 0 Å². The molecule has 4 heteroatoms. The van der Waals surface area contributed by atoms with Gasteiger partial charge in [-0.25, -0.2) is 4.39 Å². The fourth-order valence-electron chi connectivity index (χ4n) is 1.83. The van der Waals surface area contributed by atoms with Crippen molar-refractivity contribution in [2.75, 3.05) is 24.8 Å². The lowest BCUT2D eigenvalue weighted by atomic mass is 10.2. The van der Waals surface area contributed by atoms with Crippen LogP contribution in [0.15, 0.2) is 42.5 Å². The Balaban J connectivity index is 2.44. The molecule has 0 unspecified atom stereocenters. The Kier molecular flexibility index (Phi) is 3.37. The van der Waals surface area contributed by atoms with Crippen LogP contribution in [0, 0.1) is 5.82 Å². The fourth-order valence-corrected chi connectivity index (χ4v) is 1.83. The summed E-state index contributed by atoms with van der Waals surface area (Å²) >= 11 is 0. The summed E-state index contributed by atoms with van der Waals surface area (Å²) in [7, 11) is 3.36. The second-order valence-electron chi connectivity index (χ2n) is 3.94. The summed E-state index contributed by atoms with van der Waals surface area (Å²) in [5, 5.41) is 0. The van der Waals surface area contributed by atoms with E-state index in [1.807, 2.05) is 24.3 Å². The largest absolute Gasteiger partial charge is 0.497 e. The van der Waals surface area contributed by atoms with Crippen LogP contribution in [0.5, 0.6) is 5.75 Å². The zero-order chi connectivity index (χ0) is 13.1. The Morgan fingerprint density at radius 2 is 1.89 bits per heavy atom. The van der Waals surface area contributed by atoms with Crippen LogP contribution in [0.1, 0.15) is 0 Å². The van der Waals surface area contributed by atoms with Crippen LogP contribution in [0.2, 0.25) is 0 Å². The summed E-state index contributed by atoms with van der Waals surface area (Å²) in [4.78, 5) is 1.70. The van der Waals surface area contributed by atoms with Crippen LogP contribution < -0.4 is 15.4 Å². The summed E-state index contributed by atoms with van der Waals surface area (Å²) in [5.74, 6) is 0.370. The van der Waals surface area contributed by atoms with Crippen LogP contribution in [0.25, 0.3) is 0 Å². The first-order valence-electron chi connectivity index (χ1n) is 5.55. The maximum atomic E-state index is 13.8. The van der Waals surface area contributed by atoms with Gasteiger partial charge in [-0.1, -0.05) is 12.1 Å². The van der Waals surface area contributed by atoms with Crippen molar-refractivity contribution in [3.63, 3.8) is 0 Å². The quantitative estimate of drug-likeness (QED) is 0.845. The molecule has 0 aliphatic carbocycles. The number of ether oxygens (including phenoxy) is 1. The molecule has 0 amide bonds. The van der Waals surface area contributed by atoms with E-state index in [2.05, 4.69) is 0 Å². The van der Waals surface area contributed by atoms with Crippen molar-refractivity contribution < 1.29 is 9.13 Å². The minimum absolute atomic E-state index is 0.347. The van der Waals surface area contributed by atoms with Gasteiger partial charge < -0.3 is 15.4 Å². The molecule has 0 saturated heterocycles. The molecule has 2 N–H and O–H groups in total. The first kappa shape index (κ1) is 12.2. The van der Waals surface area contributed by atoms with Gasteiger partial charge in [0.2, 0.25) is 0 Å². The highest BCUT2D eigenvalue weighted by Crippen LogP contribution is 2.32. The number of methoxy groups -OCH3 is 1. The lowest BCUT2D eigenvalue weighted by molar-refractivity contribution is 0.415. The van der Waals surface area contributed by atoms with Gasteiger partial charge in [0.15, 0.2) is 0 Å². The molecule has 0 atom stereocenters. The summed E-state index contributed by atoms with van der Waals surface area (Å²) < 4.78 is 19.0. The Bertz CT molecular complexity index is 537. The van der Waals surface area contributed by atoms with Gasteiger partial charge in [-0.15, -0.1) is 0 Å². The van der Waals surface area contributed by atoms with E-state index in [1.165, 1.54) is 6.07 Å². The molecule has 3 nitrogen and oxygen atoms in total. The third kappa shape index (κ3) is 2.22. The molecule has 0 aromatic heterocycles. The number of hydrogen-bond donors (Lipinski definition) is 1. The van der Waals surface area contributed by atoms with E-state index in [-0.39, 0.29) is 5.82 Å². The highest BCUT2D eigenvalue weighted by molar-refractivity contribution is 5.75. The average Bonchev–Trinajstić information content (AvgIpc) is 2.38. The van der Waals surface area contributed by atoms with Crippen LogP contribution in [-0.2, 0) is 0 Å². The standard InChI is InChI=1S/C14H15FN2O/c1-17(10-5-3-6-11(9-10)18-2)14-12(15)7-4-8-13(14)16/h3-9H,16H2,1-2H3. The number of nitrogen functional groups attached to an aromatic ring is 1. The number of rotatable bonds is 3. The van der Waals surface area contributed by atoms with Gasteiger partial charge in [0.05, 0.1) is 12.8 Å². The third-order valence-electron chi connectivity index (χ3n) is 2.79. The molecule has 0 fully saturated rings. The SMILES string of the molecule is COc1cccc(N(C)c2c(N)cccc2F)c1. The van der Waals surface area contributed by atoms with Crippen molar-refractivity contribution in [3.8, 4) is 5.75 Å². The average molecular weight is 246 g/mol. The highest BCUT2D eigenvalue weighted by atomic mass is 19.1. The molecular formula is C14H15FN2O.